The molecule has 22 heavy (non-hydrogen) atoms. The lowest BCUT2D eigenvalue weighted by atomic mass is 9.86. The summed E-state index contributed by atoms with van der Waals surface area (Å²) >= 11 is 0. The molecule has 1 aliphatic carbocycles. The maximum atomic E-state index is 11.3. The van der Waals surface area contributed by atoms with E-state index in [1.165, 1.54) is 19.3 Å². The van der Waals surface area contributed by atoms with Crippen LogP contribution in [0, 0.1) is 0 Å². The van der Waals surface area contributed by atoms with Crippen molar-refractivity contribution in [3.8, 4) is 11.4 Å². The molecule has 0 amide bonds. The van der Waals surface area contributed by atoms with Crippen LogP contribution in [0.15, 0.2) is 24.3 Å². The maximum absolute atomic E-state index is 11.3. The third kappa shape index (κ3) is 2.89. The summed E-state index contributed by atoms with van der Waals surface area (Å²) < 4.78 is 7.28. The Bertz CT molecular complexity index is 628. The van der Waals surface area contributed by atoms with E-state index in [4.69, 9.17) is 4.74 Å². The number of ether oxygens (including phenoxy) is 1. The number of hydrogen-bond donors (Lipinski definition) is 0. The Hall–Kier alpha value is -2.17. The van der Waals surface area contributed by atoms with E-state index in [9.17, 15) is 4.79 Å². The van der Waals surface area contributed by atoms with Gasteiger partial charge in [-0.1, -0.05) is 24.5 Å². The quantitative estimate of drug-likeness (QED) is 0.793. The summed E-state index contributed by atoms with van der Waals surface area (Å²) in [6.07, 6.45) is 6.71. The minimum absolute atomic E-state index is 0.371. The summed E-state index contributed by atoms with van der Waals surface area (Å²) in [5.74, 6) is 1.21. The molecule has 3 rings (SSSR count). The lowest BCUT2D eigenvalue weighted by Gasteiger charge is -2.22. The van der Waals surface area contributed by atoms with E-state index in [0.29, 0.717) is 18.2 Å². The van der Waals surface area contributed by atoms with Crippen molar-refractivity contribution in [3.63, 3.8) is 0 Å². The van der Waals surface area contributed by atoms with Gasteiger partial charge in [-0.25, -0.2) is 4.68 Å². The molecule has 0 saturated heterocycles. The molecule has 0 aliphatic heterocycles. The Morgan fingerprint density at radius 1 is 1.23 bits per heavy atom. The highest BCUT2D eigenvalue weighted by atomic mass is 16.5. The minimum atomic E-state index is 0.371. The SMILES string of the molecule is CCOc1ccc(-n2nnc(C=O)c2C2CCCCC2)cc1. The smallest absolute Gasteiger partial charge is 0.172 e. The van der Waals surface area contributed by atoms with Crippen LogP contribution in [0.1, 0.15) is 61.1 Å². The van der Waals surface area contributed by atoms with Crippen molar-refractivity contribution in [3.05, 3.63) is 35.7 Å². The van der Waals surface area contributed by atoms with Crippen LogP contribution in [-0.2, 0) is 0 Å². The fourth-order valence-corrected chi connectivity index (χ4v) is 3.18. The molecule has 5 nitrogen and oxygen atoms in total. The van der Waals surface area contributed by atoms with Crippen molar-refractivity contribution in [1.29, 1.82) is 0 Å². The highest BCUT2D eigenvalue weighted by molar-refractivity contribution is 5.74. The van der Waals surface area contributed by atoms with Gasteiger partial charge < -0.3 is 4.74 Å². The Balaban J connectivity index is 1.95. The van der Waals surface area contributed by atoms with Gasteiger partial charge in [0, 0.05) is 5.92 Å². The molecule has 0 atom stereocenters. The van der Waals surface area contributed by atoms with E-state index in [-0.39, 0.29) is 0 Å². The number of aromatic nitrogens is 3. The van der Waals surface area contributed by atoms with Gasteiger partial charge in [0.25, 0.3) is 0 Å². The van der Waals surface area contributed by atoms with Crippen molar-refractivity contribution in [2.24, 2.45) is 0 Å². The van der Waals surface area contributed by atoms with Crippen molar-refractivity contribution in [1.82, 2.24) is 15.0 Å². The zero-order chi connectivity index (χ0) is 15.4. The van der Waals surface area contributed by atoms with E-state index in [2.05, 4.69) is 10.3 Å². The topological polar surface area (TPSA) is 57.0 Å². The molecule has 1 heterocycles. The molecule has 0 bridgehead atoms. The molecule has 1 aromatic heterocycles. The lowest BCUT2D eigenvalue weighted by Crippen LogP contribution is -2.12. The van der Waals surface area contributed by atoms with Crippen LogP contribution in [0.5, 0.6) is 5.75 Å². The molecular formula is C17H21N3O2. The highest BCUT2D eigenvalue weighted by Crippen LogP contribution is 2.34. The third-order valence-corrected chi connectivity index (χ3v) is 4.23. The van der Waals surface area contributed by atoms with Gasteiger partial charge in [0.2, 0.25) is 0 Å². The fourth-order valence-electron chi connectivity index (χ4n) is 3.18. The van der Waals surface area contributed by atoms with Crippen LogP contribution in [0.2, 0.25) is 0 Å². The summed E-state index contributed by atoms with van der Waals surface area (Å²) in [4.78, 5) is 11.3. The third-order valence-electron chi connectivity index (χ3n) is 4.23. The van der Waals surface area contributed by atoms with Crippen LogP contribution in [-0.4, -0.2) is 27.9 Å². The molecule has 1 fully saturated rings. The van der Waals surface area contributed by atoms with Gasteiger partial charge >= 0.3 is 0 Å². The first-order valence-corrected chi connectivity index (χ1v) is 7.97. The number of carbonyl (C=O) groups is 1. The Morgan fingerprint density at radius 3 is 2.59 bits per heavy atom. The predicted molar refractivity (Wildman–Crippen MR) is 83.7 cm³/mol. The molecule has 1 aromatic carbocycles. The molecule has 0 unspecified atom stereocenters. The highest BCUT2D eigenvalue weighted by Gasteiger charge is 2.24. The number of aldehydes is 1. The maximum Gasteiger partial charge on any atom is 0.172 e. The number of carbonyl (C=O) groups excluding carboxylic acids is 1. The van der Waals surface area contributed by atoms with Crippen LogP contribution in [0.3, 0.4) is 0 Å². The summed E-state index contributed by atoms with van der Waals surface area (Å²) in [5, 5.41) is 8.26. The first-order valence-electron chi connectivity index (χ1n) is 7.97. The van der Waals surface area contributed by atoms with E-state index in [0.717, 1.165) is 36.3 Å². The molecule has 2 aromatic rings. The number of hydrogen-bond acceptors (Lipinski definition) is 4. The van der Waals surface area contributed by atoms with Gasteiger partial charge in [-0.3, -0.25) is 4.79 Å². The lowest BCUT2D eigenvalue weighted by molar-refractivity contribution is 0.111. The van der Waals surface area contributed by atoms with Crippen LogP contribution < -0.4 is 4.74 Å². The molecule has 1 aliphatic rings. The molecule has 5 heteroatoms. The van der Waals surface area contributed by atoms with Crippen molar-refractivity contribution >= 4 is 6.29 Å². The van der Waals surface area contributed by atoms with Gasteiger partial charge in [-0.2, -0.15) is 0 Å². The van der Waals surface area contributed by atoms with Crippen molar-refractivity contribution in [2.75, 3.05) is 6.61 Å². The van der Waals surface area contributed by atoms with E-state index in [1.54, 1.807) is 0 Å². The van der Waals surface area contributed by atoms with Crippen LogP contribution in [0.25, 0.3) is 5.69 Å². The molecular weight excluding hydrogens is 278 g/mol. The van der Waals surface area contributed by atoms with Crippen LogP contribution in [0.4, 0.5) is 0 Å². The van der Waals surface area contributed by atoms with Crippen molar-refractivity contribution in [2.45, 2.75) is 44.9 Å². The van der Waals surface area contributed by atoms with Gasteiger partial charge in [-0.15, -0.1) is 5.10 Å². The van der Waals surface area contributed by atoms with E-state index >= 15 is 0 Å². The molecule has 0 spiro atoms. The van der Waals surface area contributed by atoms with Gasteiger partial charge in [0.15, 0.2) is 6.29 Å². The van der Waals surface area contributed by atoms with Crippen LogP contribution >= 0.6 is 0 Å². The molecule has 1 saturated carbocycles. The number of rotatable bonds is 5. The Kier molecular flexibility index (Phi) is 4.51. The van der Waals surface area contributed by atoms with Gasteiger partial charge in [0.1, 0.15) is 11.4 Å². The molecule has 0 N–H and O–H groups in total. The molecule has 0 radical (unpaired) electrons. The summed E-state index contributed by atoms with van der Waals surface area (Å²) in [7, 11) is 0. The zero-order valence-electron chi connectivity index (χ0n) is 12.9. The predicted octanol–water partition coefficient (Wildman–Crippen LogP) is 3.53. The first-order chi connectivity index (χ1) is 10.8. The average Bonchev–Trinajstić information content (AvgIpc) is 3.00. The van der Waals surface area contributed by atoms with E-state index < -0.39 is 0 Å². The van der Waals surface area contributed by atoms with E-state index in [1.807, 2.05) is 35.9 Å². The average molecular weight is 299 g/mol. The summed E-state index contributed by atoms with van der Waals surface area (Å²) in [6, 6.07) is 7.76. The standard InChI is InChI=1S/C17H21N3O2/c1-2-22-15-10-8-14(9-11-15)20-17(16(12-21)18-19-20)13-6-4-3-5-7-13/h8-13H,2-7H2,1H3. The monoisotopic (exact) mass is 299 g/mol. The first kappa shape index (κ1) is 14.8. The number of benzene rings is 1. The zero-order valence-corrected chi connectivity index (χ0v) is 12.9. The minimum Gasteiger partial charge on any atom is -0.494 e. The second-order valence-electron chi connectivity index (χ2n) is 5.65. The molecule has 116 valence electrons. The Morgan fingerprint density at radius 2 is 1.95 bits per heavy atom. The summed E-state index contributed by atoms with van der Waals surface area (Å²) in [5.41, 5.74) is 2.35. The normalized spacial score (nSPS) is 15.7. The second-order valence-corrected chi connectivity index (χ2v) is 5.65. The van der Waals surface area contributed by atoms with Gasteiger partial charge in [-0.05, 0) is 44.0 Å². The summed E-state index contributed by atoms with van der Waals surface area (Å²) in [6.45, 7) is 2.61. The van der Waals surface area contributed by atoms with Gasteiger partial charge in [0.05, 0.1) is 18.0 Å². The Labute approximate surface area is 130 Å². The van der Waals surface area contributed by atoms with Crippen molar-refractivity contribution < 1.29 is 9.53 Å². The fraction of sp³-hybridized carbons (Fsp3) is 0.471. The number of nitrogens with zero attached hydrogens (tertiary/aromatic N) is 3. The second kappa shape index (κ2) is 6.73. The largest absolute Gasteiger partial charge is 0.494 e.